The van der Waals surface area contributed by atoms with Crippen LogP contribution in [-0.4, -0.2) is 22.9 Å². The molecular formula is C16H14N2O4. The summed E-state index contributed by atoms with van der Waals surface area (Å²) in [4.78, 5) is 21.1. The number of nitro groups is 2. The number of benzene rings is 2. The van der Waals surface area contributed by atoms with Crippen LogP contribution in [0.1, 0.15) is 11.1 Å². The lowest BCUT2D eigenvalue weighted by Gasteiger charge is -2.10. The molecule has 0 aliphatic heterocycles. The summed E-state index contributed by atoms with van der Waals surface area (Å²) in [5.41, 5.74) is 1.99. The molecule has 0 atom stereocenters. The fraction of sp³-hybridized carbons (Fsp3) is 0.125. The van der Waals surface area contributed by atoms with E-state index in [1.807, 2.05) is 0 Å². The van der Waals surface area contributed by atoms with E-state index in [9.17, 15) is 20.2 Å². The molecule has 0 radical (unpaired) electrons. The van der Waals surface area contributed by atoms with Gasteiger partial charge >= 0.3 is 0 Å². The van der Waals surface area contributed by atoms with Crippen molar-refractivity contribution in [3.05, 3.63) is 92.0 Å². The Morgan fingerprint density at radius 3 is 1.27 bits per heavy atom. The third-order valence-electron chi connectivity index (χ3n) is 3.18. The molecule has 2 aromatic carbocycles. The van der Waals surface area contributed by atoms with Crippen molar-refractivity contribution in [2.24, 2.45) is 0 Å². The van der Waals surface area contributed by atoms with Crippen LogP contribution in [0.3, 0.4) is 0 Å². The van der Waals surface area contributed by atoms with Crippen LogP contribution in [0.5, 0.6) is 0 Å². The number of hydrogen-bond acceptors (Lipinski definition) is 4. The third kappa shape index (κ3) is 3.99. The van der Waals surface area contributed by atoms with Crippen molar-refractivity contribution in [1.29, 1.82) is 0 Å². The van der Waals surface area contributed by atoms with E-state index in [4.69, 9.17) is 0 Å². The highest BCUT2D eigenvalue weighted by Gasteiger charge is 2.20. The van der Waals surface area contributed by atoms with E-state index in [1.54, 1.807) is 60.7 Å². The van der Waals surface area contributed by atoms with Gasteiger partial charge in [0.15, 0.2) is 0 Å². The molecule has 0 N–H and O–H groups in total. The summed E-state index contributed by atoms with van der Waals surface area (Å²) >= 11 is 0. The molecule has 0 aliphatic carbocycles. The molecule has 0 bridgehead atoms. The smallest absolute Gasteiger partial charge is 0.230 e. The van der Waals surface area contributed by atoms with Crippen LogP contribution >= 0.6 is 0 Å². The Bertz CT molecular complexity index is 635. The summed E-state index contributed by atoms with van der Waals surface area (Å²) in [6, 6.07) is 17.5. The summed E-state index contributed by atoms with van der Waals surface area (Å²) in [7, 11) is 0. The van der Waals surface area contributed by atoms with Gasteiger partial charge in [-0.2, -0.15) is 0 Å². The van der Waals surface area contributed by atoms with Crippen molar-refractivity contribution in [3.63, 3.8) is 0 Å². The maximum atomic E-state index is 11.0. The third-order valence-corrected chi connectivity index (χ3v) is 3.18. The number of rotatable bonds is 6. The molecule has 0 spiro atoms. The Kier molecular flexibility index (Phi) is 4.98. The molecule has 2 aromatic rings. The molecule has 0 amide bonds. The van der Waals surface area contributed by atoms with Crippen molar-refractivity contribution in [3.8, 4) is 0 Å². The maximum absolute atomic E-state index is 11.0. The van der Waals surface area contributed by atoms with E-state index >= 15 is 0 Å². The minimum Gasteiger partial charge on any atom is -0.264 e. The molecule has 0 heterocycles. The van der Waals surface area contributed by atoms with Crippen LogP contribution in [0, 0.1) is 20.2 Å². The first kappa shape index (κ1) is 15.4. The normalized spacial score (nSPS) is 11.6. The SMILES string of the molecule is O=[N+]([O-])C/C(=C(\C[N+](=O)[O-])c1ccccc1)c1ccccc1. The summed E-state index contributed by atoms with van der Waals surface area (Å²) < 4.78 is 0. The highest BCUT2D eigenvalue weighted by atomic mass is 16.6. The van der Waals surface area contributed by atoms with Gasteiger partial charge in [-0.1, -0.05) is 60.7 Å². The van der Waals surface area contributed by atoms with Crippen LogP contribution < -0.4 is 0 Å². The Hall–Kier alpha value is -3.02. The van der Waals surface area contributed by atoms with Gasteiger partial charge in [0.1, 0.15) is 0 Å². The molecule has 6 heteroatoms. The second-order valence-corrected chi connectivity index (χ2v) is 4.67. The van der Waals surface area contributed by atoms with Crippen molar-refractivity contribution < 1.29 is 9.85 Å². The van der Waals surface area contributed by atoms with E-state index in [0.29, 0.717) is 22.3 Å². The fourth-order valence-electron chi connectivity index (χ4n) is 2.26. The van der Waals surface area contributed by atoms with Gasteiger partial charge in [0, 0.05) is 21.0 Å². The van der Waals surface area contributed by atoms with Crippen LogP contribution in [0.25, 0.3) is 11.1 Å². The summed E-state index contributed by atoms with van der Waals surface area (Å²) in [5.74, 6) is 0. The maximum Gasteiger partial charge on any atom is 0.230 e. The van der Waals surface area contributed by atoms with Crippen LogP contribution in [0.2, 0.25) is 0 Å². The van der Waals surface area contributed by atoms with Gasteiger partial charge in [0.25, 0.3) is 0 Å². The van der Waals surface area contributed by atoms with Crippen molar-refractivity contribution >= 4 is 11.1 Å². The molecule has 0 unspecified atom stereocenters. The van der Waals surface area contributed by atoms with Crippen LogP contribution in [0.4, 0.5) is 0 Å². The minimum absolute atomic E-state index is 0.369. The molecule has 2 rings (SSSR count). The van der Waals surface area contributed by atoms with E-state index in [-0.39, 0.29) is 0 Å². The fourth-order valence-corrected chi connectivity index (χ4v) is 2.26. The zero-order chi connectivity index (χ0) is 15.9. The highest BCUT2D eigenvalue weighted by Crippen LogP contribution is 2.27. The van der Waals surface area contributed by atoms with Crippen molar-refractivity contribution in [2.75, 3.05) is 13.1 Å². The molecule has 0 saturated carbocycles. The zero-order valence-corrected chi connectivity index (χ0v) is 11.7. The first-order valence-electron chi connectivity index (χ1n) is 6.64. The first-order valence-corrected chi connectivity index (χ1v) is 6.64. The van der Waals surface area contributed by atoms with Gasteiger partial charge in [-0.05, 0) is 11.1 Å². The van der Waals surface area contributed by atoms with E-state index in [0.717, 1.165) is 0 Å². The second-order valence-electron chi connectivity index (χ2n) is 4.67. The molecule has 22 heavy (non-hydrogen) atoms. The molecule has 112 valence electrons. The monoisotopic (exact) mass is 298 g/mol. The molecule has 0 aromatic heterocycles. The zero-order valence-electron chi connectivity index (χ0n) is 11.7. The summed E-state index contributed by atoms with van der Waals surface area (Å²) in [5, 5.41) is 22.0. The highest BCUT2D eigenvalue weighted by molar-refractivity contribution is 5.91. The summed E-state index contributed by atoms with van der Waals surface area (Å²) in [6.45, 7) is -0.913. The van der Waals surface area contributed by atoms with Gasteiger partial charge in [0.05, 0.1) is 0 Å². The topological polar surface area (TPSA) is 86.3 Å². The number of hydrogen-bond donors (Lipinski definition) is 0. The molecule has 0 aliphatic rings. The van der Waals surface area contributed by atoms with Gasteiger partial charge in [-0.15, -0.1) is 0 Å². The van der Waals surface area contributed by atoms with E-state index < -0.39 is 22.9 Å². The Labute approximate surface area is 127 Å². The van der Waals surface area contributed by atoms with Gasteiger partial charge in [0.2, 0.25) is 13.1 Å². The molecule has 0 fully saturated rings. The average molecular weight is 298 g/mol. The Morgan fingerprint density at radius 1 is 0.682 bits per heavy atom. The van der Waals surface area contributed by atoms with Crippen LogP contribution in [-0.2, 0) is 0 Å². The first-order chi connectivity index (χ1) is 10.6. The van der Waals surface area contributed by atoms with E-state index in [1.165, 1.54) is 0 Å². The van der Waals surface area contributed by atoms with Crippen molar-refractivity contribution in [1.82, 2.24) is 0 Å². The van der Waals surface area contributed by atoms with Gasteiger partial charge in [-0.25, -0.2) is 0 Å². The average Bonchev–Trinajstić information content (AvgIpc) is 2.52. The Morgan fingerprint density at radius 2 is 1.00 bits per heavy atom. The lowest BCUT2D eigenvalue weighted by molar-refractivity contribution is -0.468. The predicted molar refractivity (Wildman–Crippen MR) is 83.4 cm³/mol. The Balaban J connectivity index is 2.64. The molecular weight excluding hydrogens is 284 g/mol. The van der Waals surface area contributed by atoms with Crippen molar-refractivity contribution in [2.45, 2.75) is 0 Å². The standard InChI is InChI=1S/C16H14N2O4/c19-17(20)11-15(13-7-3-1-4-8-13)16(12-18(21)22)14-9-5-2-6-10-14/h1-10H,11-12H2/b16-15-. The largest absolute Gasteiger partial charge is 0.264 e. The quantitative estimate of drug-likeness (QED) is 0.465. The summed E-state index contributed by atoms with van der Waals surface area (Å²) in [6.07, 6.45) is 0. The lowest BCUT2D eigenvalue weighted by atomic mass is 9.94. The lowest BCUT2D eigenvalue weighted by Crippen LogP contribution is -2.11. The molecule has 0 saturated heterocycles. The predicted octanol–water partition coefficient (Wildman–Crippen LogP) is 3.15. The van der Waals surface area contributed by atoms with Gasteiger partial charge in [-0.3, -0.25) is 20.2 Å². The molecule has 6 nitrogen and oxygen atoms in total. The van der Waals surface area contributed by atoms with Gasteiger partial charge < -0.3 is 0 Å². The minimum atomic E-state index is -0.467. The number of nitrogens with zero attached hydrogens (tertiary/aromatic N) is 2. The van der Waals surface area contributed by atoms with Crippen LogP contribution in [0.15, 0.2) is 60.7 Å². The second kappa shape index (κ2) is 7.12. The van der Waals surface area contributed by atoms with E-state index in [2.05, 4.69) is 0 Å².